The summed E-state index contributed by atoms with van der Waals surface area (Å²) >= 11 is 0. The first-order valence-corrected chi connectivity index (χ1v) is 18.6. The molecule has 7 heteroatoms. The second-order valence-electron chi connectivity index (χ2n) is 15.5. The van der Waals surface area contributed by atoms with Crippen molar-refractivity contribution in [3.63, 3.8) is 0 Å². The van der Waals surface area contributed by atoms with E-state index in [1.54, 1.807) is 24.3 Å². The first-order valence-electron chi connectivity index (χ1n) is 18.6. The fourth-order valence-electron chi connectivity index (χ4n) is 10.3. The van der Waals surface area contributed by atoms with Gasteiger partial charge in [0.1, 0.15) is 5.75 Å². The van der Waals surface area contributed by atoms with E-state index in [9.17, 15) is 25.5 Å². The van der Waals surface area contributed by atoms with Crippen molar-refractivity contribution in [3.8, 4) is 28.7 Å². The fraction of sp³-hybridized carbons (Fsp3) is 0.442. The smallest absolute Gasteiger partial charge is 0.169 e. The predicted molar refractivity (Wildman–Crippen MR) is 196 cm³/mol. The lowest BCUT2D eigenvalue weighted by Crippen LogP contribution is -2.65. The number of rotatable bonds is 8. The van der Waals surface area contributed by atoms with E-state index in [0.29, 0.717) is 52.5 Å². The number of phenolic OH excluding ortho intramolecular Hbond substituents is 5. The third-order valence-electron chi connectivity index (χ3n) is 12.8. The standard InChI is InChI=1S/C43H49NO6/c45-36-19-14-28(23-38(36)47)13-17-33-34-6-3-7-37(46)39(34)41(49)40(48)35(33)18-12-27-8-10-29(11-9-27)26-44-31-24-32-16-15-30-5-4-22-42(20-1-2-21-42)43(30,25-31)50-32/h3,6-11,13-14,17,19,23,30-32,44-49H,1-2,4-5,12,15-16,18,20-22,24-26H2/b17-13+/t30-,31+,32+,43+/m1/s1. The van der Waals surface area contributed by atoms with Gasteiger partial charge in [-0.05, 0) is 121 Å². The van der Waals surface area contributed by atoms with Gasteiger partial charge in [0.05, 0.1) is 17.1 Å². The molecule has 2 saturated heterocycles. The van der Waals surface area contributed by atoms with Crippen LogP contribution >= 0.6 is 0 Å². The number of ether oxygens (including phenoxy) is 1. The van der Waals surface area contributed by atoms with Crippen molar-refractivity contribution in [1.82, 2.24) is 5.32 Å². The lowest BCUT2D eigenvalue weighted by molar-refractivity contribution is -0.268. The second kappa shape index (κ2) is 13.2. The zero-order valence-electron chi connectivity index (χ0n) is 28.7. The Bertz CT molecular complexity index is 1910. The molecule has 2 bridgehead atoms. The molecule has 4 aromatic carbocycles. The Morgan fingerprint density at radius 1 is 0.740 bits per heavy atom. The summed E-state index contributed by atoms with van der Waals surface area (Å²) in [7, 11) is 0. The average molecular weight is 676 g/mol. The molecule has 7 nitrogen and oxygen atoms in total. The molecule has 4 aliphatic rings. The summed E-state index contributed by atoms with van der Waals surface area (Å²) < 4.78 is 7.10. The highest BCUT2D eigenvalue weighted by Crippen LogP contribution is 2.64. The Hall–Kier alpha value is -4.20. The van der Waals surface area contributed by atoms with Crippen molar-refractivity contribution in [2.24, 2.45) is 11.3 Å². The molecule has 2 spiro atoms. The van der Waals surface area contributed by atoms with Crippen LogP contribution in [-0.4, -0.2) is 43.3 Å². The molecule has 0 radical (unpaired) electrons. The van der Waals surface area contributed by atoms with Crippen molar-refractivity contribution in [2.75, 3.05) is 0 Å². The minimum absolute atomic E-state index is 0.0752. The Morgan fingerprint density at radius 2 is 1.52 bits per heavy atom. The van der Waals surface area contributed by atoms with Crippen LogP contribution in [0.1, 0.15) is 98.4 Å². The SMILES string of the molecule is Oc1ccc(/C=C/c2c(CCc3ccc(CN[C@H]4C[C@@H]5CC[C@H]6CCCC7(CCCC7)[C@@]6(C4)O5)cc3)c(O)c(O)c3c(O)cccc23)cc1O. The first kappa shape index (κ1) is 33.0. The molecule has 8 rings (SSSR count). The molecule has 2 saturated carbocycles. The Balaban J connectivity index is 0.978. The van der Waals surface area contributed by atoms with Crippen molar-refractivity contribution in [1.29, 1.82) is 0 Å². The second-order valence-corrected chi connectivity index (χ2v) is 15.5. The predicted octanol–water partition coefficient (Wildman–Crippen LogP) is 8.85. The van der Waals surface area contributed by atoms with Gasteiger partial charge in [0.25, 0.3) is 0 Å². The lowest BCUT2D eigenvalue weighted by Gasteiger charge is -2.63. The molecule has 2 aliphatic heterocycles. The molecule has 2 heterocycles. The van der Waals surface area contributed by atoms with E-state index in [-0.39, 0.29) is 39.7 Å². The molecule has 2 aliphatic carbocycles. The zero-order chi connectivity index (χ0) is 34.5. The molecule has 0 amide bonds. The van der Waals surface area contributed by atoms with Crippen molar-refractivity contribution in [2.45, 2.75) is 108 Å². The van der Waals surface area contributed by atoms with E-state index in [1.165, 1.54) is 81.5 Å². The van der Waals surface area contributed by atoms with Crippen molar-refractivity contribution in [3.05, 3.63) is 88.5 Å². The Kier molecular flexibility index (Phi) is 8.68. The van der Waals surface area contributed by atoms with E-state index in [4.69, 9.17) is 4.74 Å². The molecule has 4 fully saturated rings. The van der Waals surface area contributed by atoms with Gasteiger partial charge in [-0.25, -0.2) is 0 Å². The maximum absolute atomic E-state index is 11.2. The molecule has 4 atom stereocenters. The number of nitrogens with one attached hydrogen (secondary N) is 1. The number of hydrogen-bond acceptors (Lipinski definition) is 7. The van der Waals surface area contributed by atoms with Gasteiger partial charge >= 0.3 is 0 Å². The van der Waals surface area contributed by atoms with Gasteiger partial charge in [0, 0.05) is 18.2 Å². The fourth-order valence-corrected chi connectivity index (χ4v) is 10.3. The van der Waals surface area contributed by atoms with E-state index < -0.39 is 0 Å². The quantitative estimate of drug-likeness (QED) is 0.0815. The summed E-state index contributed by atoms with van der Waals surface area (Å²) in [5.41, 5.74) is 4.73. The summed E-state index contributed by atoms with van der Waals surface area (Å²) in [6.45, 7) is 0.829. The van der Waals surface area contributed by atoms with Crippen molar-refractivity contribution < 1.29 is 30.3 Å². The number of aryl methyl sites for hydroxylation is 1. The molecular weight excluding hydrogens is 626 g/mol. The van der Waals surface area contributed by atoms with Crippen molar-refractivity contribution >= 4 is 22.9 Å². The highest BCUT2D eigenvalue weighted by atomic mass is 16.5. The van der Waals surface area contributed by atoms with Crippen LogP contribution < -0.4 is 5.32 Å². The van der Waals surface area contributed by atoms with E-state index in [2.05, 4.69) is 29.6 Å². The van der Waals surface area contributed by atoms with Gasteiger partial charge in [-0.1, -0.05) is 73.9 Å². The summed E-state index contributed by atoms with van der Waals surface area (Å²) in [5.74, 6) is -0.433. The van der Waals surface area contributed by atoms with Gasteiger partial charge in [0.15, 0.2) is 23.0 Å². The summed E-state index contributed by atoms with van der Waals surface area (Å²) in [5, 5.41) is 57.2. The van der Waals surface area contributed by atoms with Crippen LogP contribution in [0.25, 0.3) is 22.9 Å². The maximum atomic E-state index is 11.2. The van der Waals surface area contributed by atoms with Gasteiger partial charge in [-0.15, -0.1) is 0 Å². The monoisotopic (exact) mass is 675 g/mol. The minimum Gasteiger partial charge on any atom is -0.507 e. The minimum atomic E-state index is -0.343. The molecule has 0 aromatic heterocycles. The van der Waals surface area contributed by atoms with Crippen LogP contribution in [0.2, 0.25) is 0 Å². The molecule has 6 N–H and O–H groups in total. The van der Waals surface area contributed by atoms with Gasteiger partial charge < -0.3 is 35.6 Å². The largest absolute Gasteiger partial charge is 0.507 e. The molecule has 262 valence electrons. The first-order chi connectivity index (χ1) is 24.2. The average Bonchev–Trinajstić information content (AvgIpc) is 3.60. The van der Waals surface area contributed by atoms with Crippen LogP contribution in [-0.2, 0) is 24.1 Å². The molecule has 50 heavy (non-hydrogen) atoms. The normalized spacial score (nSPS) is 25.7. The third kappa shape index (κ3) is 5.78. The number of benzene rings is 4. The number of aromatic hydroxyl groups is 5. The van der Waals surface area contributed by atoms with E-state index in [1.807, 2.05) is 6.08 Å². The Morgan fingerprint density at radius 3 is 2.32 bits per heavy atom. The van der Waals surface area contributed by atoms with Gasteiger partial charge in [-0.2, -0.15) is 0 Å². The Labute approximate surface area is 294 Å². The molecular formula is C43H49NO6. The van der Waals surface area contributed by atoms with Crippen LogP contribution in [0.3, 0.4) is 0 Å². The van der Waals surface area contributed by atoms with Crippen LogP contribution in [0.15, 0.2) is 60.7 Å². The lowest BCUT2D eigenvalue weighted by atomic mass is 9.52. The molecule has 0 unspecified atom stereocenters. The number of fused-ring (bicyclic) bond motifs is 2. The van der Waals surface area contributed by atoms with Crippen LogP contribution in [0.4, 0.5) is 0 Å². The summed E-state index contributed by atoms with van der Waals surface area (Å²) in [4.78, 5) is 0. The highest BCUT2D eigenvalue weighted by molar-refractivity contribution is 6.03. The molecule has 4 aromatic rings. The van der Waals surface area contributed by atoms with Crippen LogP contribution in [0.5, 0.6) is 28.7 Å². The third-order valence-corrected chi connectivity index (χ3v) is 12.8. The van der Waals surface area contributed by atoms with Gasteiger partial charge in [-0.3, -0.25) is 0 Å². The maximum Gasteiger partial charge on any atom is 0.169 e. The van der Waals surface area contributed by atoms with Gasteiger partial charge in [0.2, 0.25) is 0 Å². The van der Waals surface area contributed by atoms with E-state index >= 15 is 0 Å². The number of phenols is 5. The highest BCUT2D eigenvalue weighted by Gasteiger charge is 2.63. The number of hydrogen-bond donors (Lipinski definition) is 6. The van der Waals surface area contributed by atoms with Crippen LogP contribution in [0, 0.1) is 11.3 Å². The summed E-state index contributed by atoms with van der Waals surface area (Å²) in [6.07, 6.45) is 19.4. The topological polar surface area (TPSA) is 122 Å². The zero-order valence-corrected chi connectivity index (χ0v) is 28.7. The summed E-state index contributed by atoms with van der Waals surface area (Å²) in [6, 6.07) is 18.7. The van der Waals surface area contributed by atoms with E-state index in [0.717, 1.165) is 30.9 Å².